The van der Waals surface area contributed by atoms with Crippen LogP contribution in [0.1, 0.15) is 25.0 Å². The zero-order valence-corrected chi connectivity index (χ0v) is 31.0. The highest BCUT2D eigenvalue weighted by Gasteiger charge is 2.36. The topological polar surface area (TPSA) is 33.7 Å². The fourth-order valence-electron chi connectivity index (χ4n) is 9.51. The number of rotatable bonds is 5. The third kappa shape index (κ3) is 4.32. The van der Waals surface area contributed by atoms with Gasteiger partial charge in [-0.05, 0) is 100 Å². The van der Waals surface area contributed by atoms with Gasteiger partial charge in [0.2, 0.25) is 5.89 Å². The molecule has 0 atom stereocenters. The minimum atomic E-state index is -0.126. The van der Waals surface area contributed by atoms with Crippen molar-refractivity contribution in [2.75, 3.05) is 4.90 Å². The van der Waals surface area contributed by atoms with Gasteiger partial charge in [-0.3, -0.25) is 0 Å². The van der Waals surface area contributed by atoms with E-state index in [4.69, 9.17) is 9.40 Å². The summed E-state index contributed by atoms with van der Waals surface area (Å²) in [5.74, 6) is 0.636. The summed E-state index contributed by atoms with van der Waals surface area (Å²) in [6.07, 6.45) is 0. The quantitative estimate of drug-likeness (QED) is 0.178. The minimum absolute atomic E-state index is 0.126. The van der Waals surface area contributed by atoms with E-state index in [1.807, 2.05) is 18.2 Å². The number of hydrogen-bond donors (Lipinski definition) is 0. The molecule has 0 aliphatic heterocycles. The van der Waals surface area contributed by atoms with Crippen LogP contribution in [0.4, 0.5) is 17.1 Å². The van der Waals surface area contributed by atoms with Crippen molar-refractivity contribution in [3.05, 3.63) is 187 Å². The number of oxazole rings is 1. The molecule has 0 amide bonds. The second-order valence-electron chi connectivity index (χ2n) is 15.6. The van der Waals surface area contributed by atoms with Crippen LogP contribution in [0.3, 0.4) is 0 Å². The minimum Gasteiger partial charge on any atom is -0.435 e. The fourth-order valence-corrected chi connectivity index (χ4v) is 9.51. The van der Waals surface area contributed by atoms with E-state index >= 15 is 0 Å². The van der Waals surface area contributed by atoms with Gasteiger partial charge in [0.25, 0.3) is 0 Å². The maximum Gasteiger partial charge on any atom is 0.227 e. The van der Waals surface area contributed by atoms with Gasteiger partial charge < -0.3 is 13.7 Å². The number of para-hydroxylation sites is 1. The normalized spacial score (nSPS) is 13.3. The van der Waals surface area contributed by atoms with Crippen molar-refractivity contribution in [1.29, 1.82) is 0 Å². The number of anilines is 3. The molecule has 0 bridgehead atoms. The van der Waals surface area contributed by atoms with Crippen molar-refractivity contribution in [1.82, 2.24) is 9.38 Å². The molecular formula is C52H35N3O. The molecule has 3 heterocycles. The van der Waals surface area contributed by atoms with Crippen molar-refractivity contribution >= 4 is 66.3 Å². The number of aromatic nitrogens is 2. The van der Waals surface area contributed by atoms with Gasteiger partial charge in [0, 0.05) is 44.2 Å². The van der Waals surface area contributed by atoms with Crippen LogP contribution >= 0.6 is 0 Å². The summed E-state index contributed by atoms with van der Waals surface area (Å²) in [6.45, 7) is 4.70. The van der Waals surface area contributed by atoms with Gasteiger partial charge in [0.05, 0.1) is 21.9 Å². The lowest BCUT2D eigenvalue weighted by molar-refractivity contribution is 0.623. The van der Waals surface area contributed by atoms with E-state index in [-0.39, 0.29) is 5.41 Å². The first kappa shape index (κ1) is 31.2. The zero-order valence-electron chi connectivity index (χ0n) is 31.0. The second kappa shape index (κ2) is 11.4. The number of hydrogen-bond acceptors (Lipinski definition) is 3. The first-order chi connectivity index (χ1) is 27.5. The maximum atomic E-state index is 6.64. The van der Waals surface area contributed by atoms with E-state index in [2.05, 4.69) is 181 Å². The van der Waals surface area contributed by atoms with Gasteiger partial charge in [0.1, 0.15) is 5.52 Å². The molecule has 0 N–H and O–H groups in total. The Morgan fingerprint density at radius 1 is 0.500 bits per heavy atom. The fraction of sp³-hybridized carbons (Fsp3) is 0.0577. The molecule has 11 aromatic rings. The van der Waals surface area contributed by atoms with Crippen molar-refractivity contribution in [3.63, 3.8) is 0 Å². The molecule has 8 aromatic carbocycles. The maximum absolute atomic E-state index is 6.64. The predicted molar refractivity (Wildman–Crippen MR) is 232 cm³/mol. The summed E-state index contributed by atoms with van der Waals surface area (Å²) in [5, 5.41) is 4.61. The highest BCUT2D eigenvalue weighted by atomic mass is 16.3. The molecule has 3 aromatic heterocycles. The summed E-state index contributed by atoms with van der Waals surface area (Å²) < 4.78 is 9.06. The molecular weight excluding hydrogens is 683 g/mol. The molecule has 0 spiro atoms. The van der Waals surface area contributed by atoms with E-state index in [1.54, 1.807) is 0 Å². The molecule has 56 heavy (non-hydrogen) atoms. The molecule has 1 aliphatic carbocycles. The summed E-state index contributed by atoms with van der Waals surface area (Å²) in [5.41, 5.74) is 17.1. The summed E-state index contributed by atoms with van der Waals surface area (Å²) >= 11 is 0. The highest BCUT2D eigenvalue weighted by Crippen LogP contribution is 2.51. The lowest BCUT2D eigenvalue weighted by Gasteiger charge is -2.28. The third-order valence-corrected chi connectivity index (χ3v) is 12.1. The summed E-state index contributed by atoms with van der Waals surface area (Å²) in [7, 11) is 0. The monoisotopic (exact) mass is 717 g/mol. The third-order valence-electron chi connectivity index (χ3n) is 12.1. The standard InChI is InChI=1S/C52H35N3O/c1-52(2)43-22-11-9-20-38(43)39-26-24-37(30-44(39)52)54(35-19-13-18-34(28-35)32-14-5-3-6-15-32)36-25-27-47-41(29-36)42-31-45-50(56-51(53-45)33-16-7-4-8-17-33)48-40-21-10-12-23-46(40)55(47)49(42)48/h3-31H,1-2H3. The Bertz CT molecular complexity index is 3340. The lowest BCUT2D eigenvalue weighted by Crippen LogP contribution is -2.16. The summed E-state index contributed by atoms with van der Waals surface area (Å²) in [4.78, 5) is 7.52. The van der Waals surface area contributed by atoms with Gasteiger partial charge in [-0.25, -0.2) is 4.98 Å². The number of benzene rings is 8. The van der Waals surface area contributed by atoms with Gasteiger partial charge in [-0.15, -0.1) is 0 Å². The Balaban J connectivity index is 1.12. The van der Waals surface area contributed by atoms with Crippen LogP contribution in [0.15, 0.2) is 180 Å². The number of nitrogens with zero attached hydrogens (tertiary/aromatic N) is 3. The van der Waals surface area contributed by atoms with Crippen LogP contribution in [0.2, 0.25) is 0 Å². The van der Waals surface area contributed by atoms with Crippen LogP contribution in [0.25, 0.3) is 82.9 Å². The van der Waals surface area contributed by atoms with Gasteiger partial charge in [-0.1, -0.05) is 123 Å². The largest absolute Gasteiger partial charge is 0.435 e. The van der Waals surface area contributed by atoms with Gasteiger partial charge in [0.15, 0.2) is 5.58 Å². The molecule has 12 rings (SSSR count). The first-order valence-electron chi connectivity index (χ1n) is 19.3. The molecule has 4 nitrogen and oxygen atoms in total. The number of fused-ring (bicyclic) bond motifs is 11. The smallest absolute Gasteiger partial charge is 0.227 e. The average molecular weight is 718 g/mol. The molecule has 0 radical (unpaired) electrons. The Labute approximate surface area is 323 Å². The van der Waals surface area contributed by atoms with Crippen LogP contribution in [-0.4, -0.2) is 9.38 Å². The Kier molecular flexibility index (Phi) is 6.37. The van der Waals surface area contributed by atoms with Crippen molar-refractivity contribution in [2.24, 2.45) is 0 Å². The zero-order chi connectivity index (χ0) is 37.1. The van der Waals surface area contributed by atoms with Gasteiger partial charge in [-0.2, -0.15) is 0 Å². The molecule has 0 saturated carbocycles. The molecule has 0 fully saturated rings. The molecule has 264 valence electrons. The average Bonchev–Trinajstić information content (AvgIpc) is 3.98. The molecule has 4 heteroatoms. The van der Waals surface area contributed by atoms with Crippen molar-refractivity contribution < 1.29 is 4.42 Å². The van der Waals surface area contributed by atoms with Crippen LogP contribution in [0.5, 0.6) is 0 Å². The van der Waals surface area contributed by atoms with Crippen molar-refractivity contribution in [3.8, 4) is 33.7 Å². The van der Waals surface area contributed by atoms with Gasteiger partial charge >= 0.3 is 0 Å². The Morgan fingerprint density at radius 2 is 1.16 bits per heavy atom. The highest BCUT2D eigenvalue weighted by molar-refractivity contribution is 6.30. The molecule has 0 saturated heterocycles. The van der Waals surface area contributed by atoms with Crippen molar-refractivity contribution in [2.45, 2.75) is 19.3 Å². The second-order valence-corrected chi connectivity index (χ2v) is 15.6. The lowest BCUT2D eigenvalue weighted by atomic mass is 9.82. The predicted octanol–water partition coefficient (Wildman–Crippen LogP) is 14.1. The SMILES string of the molecule is CC1(C)c2ccccc2-c2ccc(N(c3cccc(-c4ccccc4)c3)c3ccc4c(c3)c3cc5nc(-c6ccccc6)oc5c5c6ccccc6n4c35)cc21. The van der Waals surface area contributed by atoms with E-state index in [0.717, 1.165) is 61.0 Å². The first-order valence-corrected chi connectivity index (χ1v) is 19.3. The van der Waals surface area contributed by atoms with Crippen LogP contribution < -0.4 is 4.90 Å². The summed E-state index contributed by atoms with van der Waals surface area (Å²) in [6, 6.07) is 63.5. The molecule has 1 aliphatic rings. The van der Waals surface area contributed by atoms with E-state index in [1.165, 1.54) is 44.2 Å². The molecule has 0 unspecified atom stereocenters. The van der Waals surface area contributed by atoms with Crippen LogP contribution in [-0.2, 0) is 5.41 Å². The van der Waals surface area contributed by atoms with E-state index < -0.39 is 0 Å². The van der Waals surface area contributed by atoms with E-state index in [9.17, 15) is 0 Å². The Morgan fingerprint density at radius 3 is 2.02 bits per heavy atom. The van der Waals surface area contributed by atoms with Crippen LogP contribution in [0, 0.1) is 0 Å². The van der Waals surface area contributed by atoms with E-state index in [0.29, 0.717) is 5.89 Å². The Hall–Kier alpha value is -7.17.